The van der Waals surface area contributed by atoms with Crippen LogP contribution in [0.1, 0.15) is 19.8 Å². The second kappa shape index (κ2) is 5.11. The first-order valence-electron chi connectivity index (χ1n) is 3.33. The lowest BCUT2D eigenvalue weighted by Gasteiger charge is -2.09. The number of Topliss-reactive ketones (excluding diaryl/α,β-unsaturated/α-hetero) is 1. The van der Waals surface area contributed by atoms with E-state index in [0.717, 1.165) is 6.29 Å². The van der Waals surface area contributed by atoms with Crippen LogP contribution in [0.5, 0.6) is 0 Å². The summed E-state index contributed by atoms with van der Waals surface area (Å²) in [5.41, 5.74) is 0. The lowest BCUT2D eigenvalue weighted by atomic mass is 10.1. The van der Waals surface area contributed by atoms with Crippen LogP contribution >= 0.6 is 0 Å². The molecule has 0 aliphatic carbocycles. The number of carbonyl (C=O) groups excluding carboxylic acids is 2. The van der Waals surface area contributed by atoms with E-state index < -0.39 is 0 Å². The quantitative estimate of drug-likeness (QED) is 0.557. The normalized spacial score (nSPS) is 12.6. The summed E-state index contributed by atoms with van der Waals surface area (Å²) in [5, 5.41) is 2.83. The van der Waals surface area contributed by atoms with Gasteiger partial charge in [0.05, 0.1) is 6.04 Å². The van der Waals surface area contributed by atoms with Crippen molar-refractivity contribution >= 4 is 12.1 Å². The summed E-state index contributed by atoms with van der Waals surface area (Å²) in [4.78, 5) is 20.6. The van der Waals surface area contributed by atoms with Crippen molar-refractivity contribution in [3.8, 4) is 0 Å². The molecule has 0 spiro atoms. The Morgan fingerprint density at radius 3 is 2.60 bits per heavy atom. The zero-order valence-corrected chi connectivity index (χ0v) is 6.39. The molecule has 58 valence electrons. The van der Waals surface area contributed by atoms with Crippen LogP contribution < -0.4 is 5.32 Å². The van der Waals surface area contributed by atoms with Crippen molar-refractivity contribution in [1.29, 1.82) is 0 Å². The molecule has 3 nitrogen and oxygen atoms in total. The highest BCUT2D eigenvalue weighted by Crippen LogP contribution is 1.94. The molecule has 1 unspecified atom stereocenters. The van der Waals surface area contributed by atoms with Gasteiger partial charge in [-0.3, -0.25) is 4.79 Å². The van der Waals surface area contributed by atoms with Gasteiger partial charge in [0.2, 0.25) is 0 Å². The van der Waals surface area contributed by atoms with E-state index in [9.17, 15) is 9.59 Å². The maximum atomic E-state index is 10.7. The number of carbonyl (C=O) groups is 2. The Labute approximate surface area is 60.8 Å². The lowest BCUT2D eigenvalue weighted by molar-refractivity contribution is -0.119. The second-order valence-electron chi connectivity index (χ2n) is 2.20. The Morgan fingerprint density at radius 2 is 2.30 bits per heavy atom. The van der Waals surface area contributed by atoms with Gasteiger partial charge in [0.1, 0.15) is 12.1 Å². The molecular formula is C7H13NO2. The number of rotatable bonds is 5. The summed E-state index contributed by atoms with van der Waals surface area (Å²) in [6.07, 6.45) is 1.88. The SMILES string of the molecule is CNC(CCC=O)C(C)=O. The van der Waals surface area contributed by atoms with Gasteiger partial charge in [-0.25, -0.2) is 0 Å². The third kappa shape index (κ3) is 3.35. The molecule has 0 saturated heterocycles. The highest BCUT2D eigenvalue weighted by atomic mass is 16.1. The molecule has 10 heavy (non-hydrogen) atoms. The van der Waals surface area contributed by atoms with E-state index in [1.807, 2.05) is 0 Å². The number of ketones is 1. The predicted molar refractivity (Wildman–Crippen MR) is 38.8 cm³/mol. The van der Waals surface area contributed by atoms with Gasteiger partial charge in [-0.1, -0.05) is 0 Å². The average molecular weight is 143 g/mol. The molecule has 0 heterocycles. The van der Waals surface area contributed by atoms with Crippen molar-refractivity contribution in [2.24, 2.45) is 0 Å². The third-order valence-electron chi connectivity index (χ3n) is 1.41. The van der Waals surface area contributed by atoms with Gasteiger partial charge in [-0.05, 0) is 20.4 Å². The van der Waals surface area contributed by atoms with E-state index in [1.54, 1.807) is 7.05 Å². The van der Waals surface area contributed by atoms with Crippen LogP contribution in [0.15, 0.2) is 0 Å². The Kier molecular flexibility index (Phi) is 4.76. The fourth-order valence-electron chi connectivity index (χ4n) is 0.786. The molecular weight excluding hydrogens is 130 g/mol. The van der Waals surface area contributed by atoms with Crippen LogP contribution in [0, 0.1) is 0 Å². The molecule has 0 aromatic heterocycles. The fraction of sp³-hybridized carbons (Fsp3) is 0.714. The first-order chi connectivity index (χ1) is 4.72. The number of nitrogens with one attached hydrogen (secondary N) is 1. The molecule has 0 bridgehead atoms. The summed E-state index contributed by atoms with van der Waals surface area (Å²) < 4.78 is 0. The Balaban J connectivity index is 3.60. The maximum Gasteiger partial charge on any atom is 0.146 e. The standard InChI is InChI=1S/C7H13NO2/c1-6(10)7(8-2)4-3-5-9/h5,7-8H,3-4H2,1-2H3. The highest BCUT2D eigenvalue weighted by molar-refractivity contribution is 5.81. The van der Waals surface area contributed by atoms with Crippen LogP contribution in [0.2, 0.25) is 0 Å². The smallest absolute Gasteiger partial charge is 0.146 e. The van der Waals surface area contributed by atoms with Gasteiger partial charge < -0.3 is 10.1 Å². The van der Waals surface area contributed by atoms with E-state index in [0.29, 0.717) is 12.8 Å². The highest BCUT2D eigenvalue weighted by Gasteiger charge is 2.09. The summed E-state index contributed by atoms with van der Waals surface area (Å²) in [5.74, 6) is 0.0874. The minimum atomic E-state index is -0.148. The van der Waals surface area contributed by atoms with E-state index >= 15 is 0 Å². The molecule has 0 saturated carbocycles. The van der Waals surface area contributed by atoms with E-state index in [-0.39, 0.29) is 11.8 Å². The monoisotopic (exact) mass is 143 g/mol. The molecule has 1 atom stereocenters. The Hall–Kier alpha value is -0.700. The summed E-state index contributed by atoms with van der Waals surface area (Å²) in [6, 6.07) is -0.148. The summed E-state index contributed by atoms with van der Waals surface area (Å²) in [7, 11) is 1.72. The lowest BCUT2D eigenvalue weighted by Crippen LogP contribution is -2.32. The van der Waals surface area contributed by atoms with Crippen molar-refractivity contribution in [2.45, 2.75) is 25.8 Å². The van der Waals surface area contributed by atoms with Crippen LogP contribution in [0.3, 0.4) is 0 Å². The van der Waals surface area contributed by atoms with E-state index in [1.165, 1.54) is 6.92 Å². The number of likely N-dealkylation sites (N-methyl/N-ethyl adjacent to an activating group) is 1. The molecule has 0 amide bonds. The maximum absolute atomic E-state index is 10.7. The average Bonchev–Trinajstić information content (AvgIpc) is 1.89. The molecule has 1 N–H and O–H groups in total. The van der Waals surface area contributed by atoms with Crippen molar-refractivity contribution in [2.75, 3.05) is 7.05 Å². The zero-order valence-electron chi connectivity index (χ0n) is 6.39. The van der Waals surface area contributed by atoms with Gasteiger partial charge in [-0.15, -0.1) is 0 Å². The van der Waals surface area contributed by atoms with Crippen LogP contribution in [0.4, 0.5) is 0 Å². The number of hydrogen-bond acceptors (Lipinski definition) is 3. The number of aldehydes is 1. The predicted octanol–water partition coefficient (Wildman–Crippen LogP) is 0.142. The fourth-order valence-corrected chi connectivity index (χ4v) is 0.786. The van der Waals surface area contributed by atoms with Crippen LogP contribution in [0.25, 0.3) is 0 Å². The van der Waals surface area contributed by atoms with Gasteiger partial charge in [0.25, 0.3) is 0 Å². The van der Waals surface area contributed by atoms with Crippen molar-refractivity contribution in [3.05, 3.63) is 0 Å². The van der Waals surface area contributed by atoms with Crippen molar-refractivity contribution in [3.63, 3.8) is 0 Å². The van der Waals surface area contributed by atoms with Crippen molar-refractivity contribution < 1.29 is 9.59 Å². The molecule has 0 aliphatic heterocycles. The van der Waals surface area contributed by atoms with Crippen molar-refractivity contribution in [1.82, 2.24) is 5.32 Å². The first-order valence-corrected chi connectivity index (χ1v) is 3.33. The topological polar surface area (TPSA) is 46.2 Å². The van der Waals surface area contributed by atoms with Crippen LogP contribution in [-0.2, 0) is 9.59 Å². The Morgan fingerprint density at radius 1 is 1.70 bits per heavy atom. The van der Waals surface area contributed by atoms with Gasteiger partial charge in [0.15, 0.2) is 0 Å². The first kappa shape index (κ1) is 9.30. The molecule has 0 aromatic rings. The van der Waals surface area contributed by atoms with E-state index in [4.69, 9.17) is 0 Å². The molecule has 0 rings (SSSR count). The molecule has 0 aliphatic rings. The molecule has 0 fully saturated rings. The van der Waals surface area contributed by atoms with Gasteiger partial charge in [0, 0.05) is 6.42 Å². The van der Waals surface area contributed by atoms with E-state index in [2.05, 4.69) is 5.32 Å². The minimum absolute atomic E-state index is 0.0874. The Bertz CT molecular complexity index is 123. The summed E-state index contributed by atoms with van der Waals surface area (Å²) >= 11 is 0. The van der Waals surface area contributed by atoms with Gasteiger partial charge in [-0.2, -0.15) is 0 Å². The summed E-state index contributed by atoms with van der Waals surface area (Å²) in [6.45, 7) is 1.52. The third-order valence-corrected chi connectivity index (χ3v) is 1.41. The molecule has 0 aromatic carbocycles. The number of hydrogen-bond donors (Lipinski definition) is 1. The second-order valence-corrected chi connectivity index (χ2v) is 2.20. The molecule has 0 radical (unpaired) electrons. The van der Waals surface area contributed by atoms with Crippen LogP contribution in [-0.4, -0.2) is 25.2 Å². The van der Waals surface area contributed by atoms with Gasteiger partial charge >= 0.3 is 0 Å². The molecule has 3 heteroatoms. The minimum Gasteiger partial charge on any atom is -0.311 e. The largest absolute Gasteiger partial charge is 0.311 e. The zero-order chi connectivity index (χ0) is 7.98.